The molecule has 2 aliphatic rings. The Hall–Kier alpha value is -1.87. The summed E-state index contributed by atoms with van der Waals surface area (Å²) in [4.78, 5) is 21.1. The van der Waals surface area contributed by atoms with E-state index in [1.54, 1.807) is 18.3 Å². The van der Waals surface area contributed by atoms with Crippen molar-refractivity contribution in [3.8, 4) is 0 Å². The van der Waals surface area contributed by atoms with Gasteiger partial charge in [0.05, 0.1) is 11.2 Å². The Morgan fingerprint density at radius 2 is 1.96 bits per heavy atom. The Labute approximate surface area is 162 Å². The lowest BCUT2D eigenvalue weighted by atomic mass is 9.88. The second-order valence-corrected chi connectivity index (χ2v) is 10.3. The van der Waals surface area contributed by atoms with Gasteiger partial charge < -0.3 is 5.32 Å². The van der Waals surface area contributed by atoms with Gasteiger partial charge in [-0.15, -0.1) is 0 Å². The largest absolute Gasteiger partial charge is 0.300 e. The fourth-order valence-electron chi connectivity index (χ4n) is 3.71. The summed E-state index contributed by atoms with van der Waals surface area (Å²) in [6, 6.07) is 3.28. The molecular weight excluding hydrogens is 384 g/mol. The number of rotatable bonds is 7. The van der Waals surface area contributed by atoms with Crippen LogP contribution in [0.5, 0.6) is 0 Å². The first-order chi connectivity index (χ1) is 13.0. The topological polar surface area (TPSA) is 102 Å². The maximum absolute atomic E-state index is 12.9. The quantitative estimate of drug-likeness (QED) is 0.758. The molecule has 1 atom stereocenters. The molecule has 7 nitrogen and oxygen atoms in total. The summed E-state index contributed by atoms with van der Waals surface area (Å²) >= 11 is 1.13. The van der Waals surface area contributed by atoms with Gasteiger partial charge in [0, 0.05) is 17.7 Å². The lowest BCUT2D eigenvalue weighted by Crippen LogP contribution is -2.23. The van der Waals surface area contributed by atoms with Gasteiger partial charge >= 0.3 is 0 Å². The first kappa shape index (κ1) is 18.5. The number of amides is 1. The third-order valence-corrected chi connectivity index (χ3v) is 8.12. The second kappa shape index (κ2) is 7.63. The van der Waals surface area contributed by atoms with Crippen LogP contribution in [0.4, 0.5) is 5.13 Å². The van der Waals surface area contributed by atoms with E-state index in [1.807, 2.05) is 0 Å². The molecule has 2 fully saturated rings. The first-order valence-corrected chi connectivity index (χ1v) is 11.6. The van der Waals surface area contributed by atoms with Gasteiger partial charge in [-0.3, -0.25) is 4.79 Å². The van der Waals surface area contributed by atoms with E-state index in [2.05, 4.69) is 19.7 Å². The van der Waals surface area contributed by atoms with Gasteiger partial charge in [0.1, 0.15) is 6.33 Å². The van der Waals surface area contributed by atoms with Crippen molar-refractivity contribution >= 4 is 32.4 Å². The molecule has 9 heteroatoms. The standard InChI is InChI=1S/C18H22N4O3S2/c23-17(22-18-20-11-21-26-18)15(9-12-3-1-2-4-12)13-5-8-16(19-10-13)27(24,25)14-6-7-14/h5,8,10-12,14-15H,1-4,6-7,9H2,(H,20,21,22,23). The third kappa shape index (κ3) is 4.19. The van der Waals surface area contributed by atoms with E-state index in [1.165, 1.54) is 19.2 Å². The van der Waals surface area contributed by atoms with E-state index in [4.69, 9.17) is 0 Å². The van der Waals surface area contributed by atoms with Crippen LogP contribution in [0.15, 0.2) is 29.7 Å². The van der Waals surface area contributed by atoms with Crippen LogP contribution in [0.2, 0.25) is 0 Å². The molecule has 2 aromatic rings. The van der Waals surface area contributed by atoms with Crippen molar-refractivity contribution in [3.63, 3.8) is 0 Å². The fourth-order valence-corrected chi connectivity index (χ4v) is 5.70. The first-order valence-electron chi connectivity index (χ1n) is 9.31. The van der Waals surface area contributed by atoms with Gasteiger partial charge in [0.2, 0.25) is 11.0 Å². The number of carbonyl (C=O) groups excluding carboxylic acids is 1. The maximum atomic E-state index is 12.9. The molecule has 0 spiro atoms. The van der Waals surface area contributed by atoms with Crippen LogP contribution in [0.25, 0.3) is 0 Å². The molecule has 0 aliphatic heterocycles. The van der Waals surface area contributed by atoms with E-state index in [0.717, 1.165) is 36.4 Å². The summed E-state index contributed by atoms with van der Waals surface area (Å²) in [5.41, 5.74) is 0.749. The van der Waals surface area contributed by atoms with Crippen LogP contribution in [0.1, 0.15) is 56.4 Å². The Morgan fingerprint density at radius 1 is 1.19 bits per heavy atom. The van der Waals surface area contributed by atoms with E-state index in [-0.39, 0.29) is 22.1 Å². The number of anilines is 1. The summed E-state index contributed by atoms with van der Waals surface area (Å²) in [5, 5.41) is 3.12. The summed E-state index contributed by atoms with van der Waals surface area (Å²) in [6.07, 6.45) is 9.77. The molecule has 0 radical (unpaired) electrons. The highest BCUT2D eigenvalue weighted by Crippen LogP contribution is 2.36. The molecule has 27 heavy (non-hydrogen) atoms. The molecule has 0 bridgehead atoms. The zero-order valence-electron chi connectivity index (χ0n) is 14.9. The van der Waals surface area contributed by atoms with Crippen molar-refractivity contribution in [1.82, 2.24) is 14.3 Å². The van der Waals surface area contributed by atoms with Gasteiger partial charge in [0.15, 0.2) is 14.9 Å². The highest BCUT2D eigenvalue weighted by Gasteiger charge is 2.38. The SMILES string of the molecule is O=C(Nc1ncns1)C(CC1CCCC1)c1ccc(S(=O)(=O)C2CC2)nc1. The zero-order chi connectivity index (χ0) is 18.9. The van der Waals surface area contributed by atoms with Gasteiger partial charge in [-0.05, 0) is 36.8 Å². The molecule has 1 unspecified atom stereocenters. The third-order valence-electron chi connectivity index (χ3n) is 5.37. The van der Waals surface area contributed by atoms with Crippen LogP contribution >= 0.6 is 11.5 Å². The highest BCUT2D eigenvalue weighted by molar-refractivity contribution is 7.92. The molecule has 2 heterocycles. The molecule has 0 saturated heterocycles. The summed E-state index contributed by atoms with van der Waals surface area (Å²) < 4.78 is 28.6. The van der Waals surface area contributed by atoms with Crippen LogP contribution in [0.3, 0.4) is 0 Å². The van der Waals surface area contributed by atoms with Gasteiger partial charge in [-0.25, -0.2) is 18.4 Å². The average molecular weight is 407 g/mol. The number of hydrogen-bond donors (Lipinski definition) is 1. The normalized spacial score (nSPS) is 19.1. The minimum Gasteiger partial charge on any atom is -0.300 e. The number of sulfone groups is 1. The Kier molecular flexibility index (Phi) is 5.23. The van der Waals surface area contributed by atoms with E-state index in [9.17, 15) is 13.2 Å². The predicted octanol–water partition coefficient (Wildman–Crippen LogP) is 3.17. The van der Waals surface area contributed by atoms with Crippen molar-refractivity contribution in [2.45, 2.75) is 61.1 Å². The van der Waals surface area contributed by atoms with Crippen molar-refractivity contribution in [2.75, 3.05) is 5.32 Å². The molecular formula is C18H22N4O3S2. The Morgan fingerprint density at radius 3 is 2.56 bits per heavy atom. The lowest BCUT2D eigenvalue weighted by Gasteiger charge is -2.20. The zero-order valence-corrected chi connectivity index (χ0v) is 16.5. The second-order valence-electron chi connectivity index (χ2n) is 7.35. The Bertz CT molecular complexity index is 887. The molecule has 0 aromatic carbocycles. The van der Waals surface area contributed by atoms with Crippen LogP contribution < -0.4 is 5.32 Å². The molecule has 1 N–H and O–H groups in total. The minimum atomic E-state index is -3.32. The van der Waals surface area contributed by atoms with Crippen molar-refractivity contribution in [2.24, 2.45) is 5.92 Å². The van der Waals surface area contributed by atoms with Crippen molar-refractivity contribution in [1.29, 1.82) is 0 Å². The smallest absolute Gasteiger partial charge is 0.233 e. The number of hydrogen-bond acceptors (Lipinski definition) is 7. The predicted molar refractivity (Wildman–Crippen MR) is 102 cm³/mol. The fraction of sp³-hybridized carbons (Fsp3) is 0.556. The minimum absolute atomic E-state index is 0.109. The number of carbonyl (C=O) groups is 1. The van der Waals surface area contributed by atoms with E-state index in [0.29, 0.717) is 23.9 Å². The molecule has 2 aliphatic carbocycles. The summed E-state index contributed by atoms with van der Waals surface area (Å²) in [7, 11) is -3.32. The average Bonchev–Trinajstić information content (AvgIpc) is 3.18. The van der Waals surface area contributed by atoms with Gasteiger partial charge in [-0.1, -0.05) is 31.7 Å². The van der Waals surface area contributed by atoms with Crippen LogP contribution in [0, 0.1) is 5.92 Å². The van der Waals surface area contributed by atoms with E-state index < -0.39 is 9.84 Å². The molecule has 4 rings (SSSR count). The highest BCUT2D eigenvalue weighted by atomic mass is 32.2. The monoisotopic (exact) mass is 406 g/mol. The van der Waals surface area contributed by atoms with Gasteiger partial charge in [0.25, 0.3) is 0 Å². The maximum Gasteiger partial charge on any atom is 0.233 e. The Balaban J connectivity index is 1.56. The van der Waals surface area contributed by atoms with Gasteiger partial charge in [-0.2, -0.15) is 4.37 Å². The molecule has 2 aromatic heterocycles. The number of pyridine rings is 1. The van der Waals surface area contributed by atoms with Crippen molar-refractivity contribution in [3.05, 3.63) is 30.2 Å². The number of nitrogens with zero attached hydrogens (tertiary/aromatic N) is 3. The lowest BCUT2D eigenvalue weighted by molar-refractivity contribution is -0.118. The van der Waals surface area contributed by atoms with Crippen LogP contribution in [-0.4, -0.2) is 33.9 Å². The molecule has 144 valence electrons. The number of nitrogens with one attached hydrogen (secondary N) is 1. The van der Waals surface area contributed by atoms with Crippen LogP contribution in [-0.2, 0) is 14.6 Å². The number of aromatic nitrogens is 3. The van der Waals surface area contributed by atoms with E-state index >= 15 is 0 Å². The van der Waals surface area contributed by atoms with Crippen molar-refractivity contribution < 1.29 is 13.2 Å². The summed E-state index contributed by atoms with van der Waals surface area (Å²) in [5.74, 6) is -0.00882. The molecule has 1 amide bonds. The molecule has 2 saturated carbocycles. The summed E-state index contributed by atoms with van der Waals surface area (Å²) in [6.45, 7) is 0.